The number of esters is 1. The minimum atomic E-state index is -0.706. The van der Waals surface area contributed by atoms with E-state index in [0.29, 0.717) is 13.0 Å². The lowest BCUT2D eigenvalue weighted by molar-refractivity contribution is -0.164. The number of rotatable bonds is 1. The Labute approximate surface area is 93.6 Å². The van der Waals surface area contributed by atoms with E-state index in [-0.39, 0.29) is 23.6 Å². The Bertz CT molecular complexity index is 407. The number of carbonyl (C=O) groups is 2. The van der Waals surface area contributed by atoms with Crippen LogP contribution in [-0.2, 0) is 19.1 Å². The number of carbonyl (C=O) groups excluding carboxylic acids is 2. The normalized spacial score (nSPS) is 48.5. The van der Waals surface area contributed by atoms with Gasteiger partial charge in [-0.15, -0.1) is 0 Å². The summed E-state index contributed by atoms with van der Waals surface area (Å²) in [6, 6.07) is 0. The van der Waals surface area contributed by atoms with Crippen molar-refractivity contribution in [2.45, 2.75) is 18.9 Å². The van der Waals surface area contributed by atoms with Crippen molar-refractivity contribution < 1.29 is 19.1 Å². The highest BCUT2D eigenvalue weighted by Crippen LogP contribution is 2.57. The van der Waals surface area contributed by atoms with Crippen LogP contribution < -0.4 is 0 Å². The maximum absolute atomic E-state index is 12.2. The second kappa shape index (κ2) is 2.74. The van der Waals surface area contributed by atoms with Crippen molar-refractivity contribution in [3.05, 3.63) is 12.2 Å². The van der Waals surface area contributed by atoms with E-state index >= 15 is 0 Å². The third-order valence-electron chi connectivity index (χ3n) is 4.27. The number of hydrogen-bond acceptors (Lipinski definition) is 4. The van der Waals surface area contributed by atoms with Gasteiger partial charge in [-0.2, -0.15) is 0 Å². The van der Waals surface area contributed by atoms with Gasteiger partial charge >= 0.3 is 5.97 Å². The number of hydrogen-bond donors (Lipinski definition) is 0. The summed E-state index contributed by atoms with van der Waals surface area (Å²) in [6.45, 7) is 2.32. The lowest BCUT2D eigenvalue weighted by Gasteiger charge is -2.45. The Hall–Kier alpha value is -1.16. The molecule has 2 fully saturated rings. The first-order valence-corrected chi connectivity index (χ1v) is 5.49. The van der Waals surface area contributed by atoms with Crippen molar-refractivity contribution in [1.82, 2.24) is 0 Å². The minimum Gasteiger partial charge on any atom is -0.469 e. The molecule has 0 aromatic heterocycles. The number of ether oxygens (including phenoxy) is 2. The third kappa shape index (κ3) is 0.937. The van der Waals surface area contributed by atoms with Crippen molar-refractivity contribution >= 4 is 11.8 Å². The highest BCUT2D eigenvalue weighted by atomic mass is 16.6. The van der Waals surface area contributed by atoms with Crippen LogP contribution in [0, 0.1) is 17.3 Å². The van der Waals surface area contributed by atoms with Gasteiger partial charge in [-0.25, -0.2) is 0 Å². The summed E-state index contributed by atoms with van der Waals surface area (Å²) in [5, 5.41) is 0. The Kier molecular flexibility index (Phi) is 1.72. The maximum atomic E-state index is 12.2. The smallest absolute Gasteiger partial charge is 0.312 e. The molecule has 4 aliphatic rings. The molecule has 0 aromatic carbocycles. The van der Waals surface area contributed by atoms with Gasteiger partial charge in [0, 0.05) is 5.92 Å². The predicted octanol–water partition coefficient (Wildman–Crippen LogP) is 0.710. The highest BCUT2D eigenvalue weighted by molar-refractivity contribution is 6.00. The zero-order chi connectivity index (χ0) is 11.6. The van der Waals surface area contributed by atoms with Crippen molar-refractivity contribution in [2.24, 2.45) is 17.3 Å². The third-order valence-corrected chi connectivity index (χ3v) is 4.27. The molecule has 1 saturated carbocycles. The molecule has 0 amide bonds. The molecule has 16 heavy (non-hydrogen) atoms. The molecular formula is C12H14O4. The molecule has 0 N–H and O–H groups in total. The van der Waals surface area contributed by atoms with Crippen LogP contribution in [0.5, 0.6) is 0 Å². The molecule has 86 valence electrons. The van der Waals surface area contributed by atoms with E-state index in [2.05, 4.69) is 0 Å². The van der Waals surface area contributed by atoms with E-state index in [9.17, 15) is 9.59 Å². The Morgan fingerprint density at radius 1 is 1.56 bits per heavy atom. The summed E-state index contributed by atoms with van der Waals surface area (Å²) in [5.41, 5.74) is -1.30. The van der Waals surface area contributed by atoms with E-state index in [0.717, 1.165) is 0 Å². The molecule has 4 nitrogen and oxygen atoms in total. The van der Waals surface area contributed by atoms with Crippen LogP contribution in [0.1, 0.15) is 13.3 Å². The number of methoxy groups -OCH3 is 1. The van der Waals surface area contributed by atoms with Crippen molar-refractivity contribution in [3.63, 3.8) is 0 Å². The monoisotopic (exact) mass is 222 g/mol. The number of epoxide rings is 1. The molecule has 1 heterocycles. The van der Waals surface area contributed by atoms with E-state index in [4.69, 9.17) is 9.47 Å². The second-order valence-corrected chi connectivity index (χ2v) is 5.12. The van der Waals surface area contributed by atoms with Crippen molar-refractivity contribution in [1.29, 1.82) is 0 Å². The topological polar surface area (TPSA) is 55.9 Å². The quantitative estimate of drug-likeness (QED) is 0.372. The average Bonchev–Trinajstić information content (AvgIpc) is 3.06. The fraction of sp³-hybridized carbons (Fsp3) is 0.667. The van der Waals surface area contributed by atoms with Crippen LogP contribution in [0.4, 0.5) is 0 Å². The summed E-state index contributed by atoms with van der Waals surface area (Å²) >= 11 is 0. The van der Waals surface area contributed by atoms with Gasteiger partial charge in [0.1, 0.15) is 0 Å². The van der Waals surface area contributed by atoms with Gasteiger partial charge in [0.25, 0.3) is 0 Å². The molecule has 4 rings (SSSR count). The molecule has 2 bridgehead atoms. The number of fused-ring (bicyclic) bond motifs is 1. The zero-order valence-electron chi connectivity index (χ0n) is 9.36. The van der Waals surface area contributed by atoms with Crippen LogP contribution in [0.25, 0.3) is 0 Å². The number of Topliss-reactive ketones (excluding diaryl/α,β-unsaturated/α-hetero) is 1. The second-order valence-electron chi connectivity index (χ2n) is 5.12. The van der Waals surface area contributed by atoms with Crippen LogP contribution in [0.15, 0.2) is 12.2 Å². The Morgan fingerprint density at radius 3 is 2.75 bits per heavy atom. The molecule has 1 saturated heterocycles. The molecule has 4 atom stereocenters. The van der Waals surface area contributed by atoms with Crippen LogP contribution in [-0.4, -0.2) is 31.1 Å². The fourth-order valence-corrected chi connectivity index (χ4v) is 3.13. The van der Waals surface area contributed by atoms with Gasteiger partial charge < -0.3 is 9.47 Å². The van der Waals surface area contributed by atoms with Gasteiger partial charge in [-0.05, 0) is 13.3 Å². The number of allylic oxidation sites excluding steroid dienone is 1. The number of ketones is 1. The van der Waals surface area contributed by atoms with Gasteiger partial charge in [0.15, 0.2) is 11.4 Å². The molecule has 0 unspecified atom stereocenters. The zero-order valence-corrected chi connectivity index (χ0v) is 9.36. The Balaban J connectivity index is 2.02. The summed E-state index contributed by atoms with van der Waals surface area (Å²) in [6.07, 6.45) is 4.51. The lowest BCUT2D eigenvalue weighted by atomic mass is 9.55. The van der Waals surface area contributed by atoms with Crippen molar-refractivity contribution in [3.8, 4) is 0 Å². The van der Waals surface area contributed by atoms with Crippen LogP contribution in [0.3, 0.4) is 0 Å². The summed E-state index contributed by atoms with van der Waals surface area (Å²) in [4.78, 5) is 24.0. The Morgan fingerprint density at radius 2 is 2.25 bits per heavy atom. The van der Waals surface area contributed by atoms with Crippen molar-refractivity contribution in [2.75, 3.05) is 13.7 Å². The van der Waals surface area contributed by atoms with Gasteiger partial charge in [-0.1, -0.05) is 12.2 Å². The largest absolute Gasteiger partial charge is 0.469 e. The van der Waals surface area contributed by atoms with E-state index in [1.807, 2.05) is 19.1 Å². The minimum absolute atomic E-state index is 0.0362. The van der Waals surface area contributed by atoms with E-state index in [1.54, 1.807) is 0 Å². The van der Waals surface area contributed by atoms with E-state index < -0.39 is 11.0 Å². The molecule has 1 aliphatic heterocycles. The summed E-state index contributed by atoms with van der Waals surface area (Å²) in [7, 11) is 1.37. The highest BCUT2D eigenvalue weighted by Gasteiger charge is 2.69. The molecular weight excluding hydrogens is 208 g/mol. The maximum Gasteiger partial charge on any atom is 0.312 e. The molecule has 1 spiro atoms. The van der Waals surface area contributed by atoms with Gasteiger partial charge in [-0.3, -0.25) is 9.59 Å². The fourth-order valence-electron chi connectivity index (χ4n) is 3.13. The van der Waals surface area contributed by atoms with Crippen LogP contribution in [0.2, 0.25) is 0 Å². The molecule has 0 radical (unpaired) electrons. The standard InChI is InChI=1S/C12H14O4/c1-11(10(14)15-2)5-7-3-4-8(11)9(13)12(7)6-16-12/h3-4,7-8H,5-6H2,1-2H3/t7-,8-,11+,12+/m1/s1. The van der Waals surface area contributed by atoms with Gasteiger partial charge in [0.05, 0.1) is 25.0 Å². The average molecular weight is 222 g/mol. The lowest BCUT2D eigenvalue weighted by Crippen LogP contribution is -2.56. The van der Waals surface area contributed by atoms with E-state index in [1.165, 1.54) is 7.11 Å². The SMILES string of the molecule is COC(=O)[C@@]1(C)C[C@H]2C=C[C@@H]1C(=O)[C@]21CO1. The summed E-state index contributed by atoms with van der Waals surface area (Å²) < 4.78 is 10.2. The predicted molar refractivity (Wildman–Crippen MR) is 54.6 cm³/mol. The molecule has 4 heteroatoms. The molecule has 0 aromatic rings. The van der Waals surface area contributed by atoms with Crippen LogP contribution >= 0.6 is 0 Å². The first kappa shape index (κ1) is 10.0. The first-order chi connectivity index (χ1) is 7.54. The first-order valence-electron chi connectivity index (χ1n) is 5.49. The van der Waals surface area contributed by atoms with Gasteiger partial charge in [0.2, 0.25) is 0 Å². The summed E-state index contributed by atoms with van der Waals surface area (Å²) in [5.74, 6) is -0.587. The molecule has 3 aliphatic carbocycles.